The minimum absolute atomic E-state index is 0.0314. The number of carboxylic acids is 1. The van der Waals surface area contributed by atoms with Crippen molar-refractivity contribution in [2.24, 2.45) is 5.92 Å². The fourth-order valence-corrected chi connectivity index (χ4v) is 8.96. The zero-order valence-corrected chi connectivity index (χ0v) is 30.6. The topological polar surface area (TPSA) is 152 Å². The number of pyridine rings is 2. The van der Waals surface area contributed by atoms with Crippen LogP contribution in [0.3, 0.4) is 0 Å². The molecular formula is C41H35Cl2N7O4. The van der Waals surface area contributed by atoms with Crippen molar-refractivity contribution < 1.29 is 19.4 Å². The van der Waals surface area contributed by atoms with E-state index in [1.165, 1.54) is 0 Å². The molecule has 9 rings (SSSR count). The van der Waals surface area contributed by atoms with E-state index in [1.54, 1.807) is 6.20 Å². The SMILES string of the molecule is N#Cc1c2c(cc3nc(-c4cccc(-c5cccc(Nc6nccc7cc(CN8CC[C@@H](O)C8)cnc67)c5Cl)c4Cl)oc13)[C@H](N1CC[C@@H](C(=O)O)C1)CC2. The van der Waals surface area contributed by atoms with Gasteiger partial charge in [0.05, 0.1) is 33.3 Å². The number of rotatable bonds is 8. The molecule has 3 aromatic carbocycles. The summed E-state index contributed by atoms with van der Waals surface area (Å²) in [4.78, 5) is 30.3. The fourth-order valence-electron chi connectivity index (χ4n) is 8.38. The van der Waals surface area contributed by atoms with Crippen LogP contribution < -0.4 is 5.32 Å². The molecule has 3 atom stereocenters. The van der Waals surface area contributed by atoms with E-state index in [4.69, 9.17) is 37.6 Å². The lowest BCUT2D eigenvalue weighted by atomic mass is 10.0. The van der Waals surface area contributed by atoms with E-state index in [0.717, 1.165) is 48.0 Å². The molecule has 2 aliphatic heterocycles. The van der Waals surface area contributed by atoms with E-state index in [0.29, 0.717) is 92.9 Å². The van der Waals surface area contributed by atoms with Gasteiger partial charge in [-0.3, -0.25) is 19.6 Å². The second kappa shape index (κ2) is 14.0. The average molecular weight is 761 g/mol. The second-order valence-corrected chi connectivity index (χ2v) is 15.1. The molecule has 13 heteroatoms. The number of oxazole rings is 1. The first-order chi connectivity index (χ1) is 26.2. The van der Waals surface area contributed by atoms with Crippen molar-refractivity contribution in [3.63, 3.8) is 0 Å². The molecular weight excluding hydrogens is 725 g/mol. The van der Waals surface area contributed by atoms with E-state index in [1.807, 2.05) is 54.7 Å². The van der Waals surface area contributed by atoms with Crippen molar-refractivity contribution in [3.05, 3.63) is 99.3 Å². The molecule has 0 radical (unpaired) electrons. The normalized spacial score (nSPS) is 20.1. The smallest absolute Gasteiger partial charge is 0.307 e. The number of hydrogen-bond donors (Lipinski definition) is 3. The highest BCUT2D eigenvalue weighted by molar-refractivity contribution is 6.39. The standard InChI is InChI=1S/C41H35Cl2N7O4/c42-35-27(28-4-2-6-32(36(28)43)47-39-37-23(9-12-45-39)15-22(18-46-37)19-49-13-11-25(51)21-49)3-1-5-29(35)40-48-33-16-30-26(31(17-44)38(33)54-40)7-8-34(30)50-14-10-24(20-50)41(52)53/h1-6,9,12,15-16,18,24-25,34,51H,7-8,10-11,13-14,19-21H2,(H,45,47)(H,52,53)/t24-,25-,34-/m1/s1. The van der Waals surface area contributed by atoms with Gasteiger partial charge in [0.1, 0.15) is 22.7 Å². The number of fused-ring (bicyclic) bond motifs is 3. The van der Waals surface area contributed by atoms with Gasteiger partial charge >= 0.3 is 5.97 Å². The van der Waals surface area contributed by atoms with Crippen LogP contribution in [0.5, 0.6) is 0 Å². The van der Waals surface area contributed by atoms with Crippen LogP contribution in [-0.2, 0) is 17.8 Å². The number of aliphatic carboxylic acids is 1. The Hall–Kier alpha value is -5.09. The zero-order chi connectivity index (χ0) is 37.1. The quantitative estimate of drug-likeness (QED) is 0.139. The van der Waals surface area contributed by atoms with Crippen LogP contribution in [0.1, 0.15) is 47.6 Å². The Balaban J connectivity index is 1.01. The van der Waals surface area contributed by atoms with Gasteiger partial charge in [0.2, 0.25) is 5.89 Å². The lowest BCUT2D eigenvalue weighted by Crippen LogP contribution is -2.26. The predicted octanol–water partition coefficient (Wildman–Crippen LogP) is 7.99. The third-order valence-corrected chi connectivity index (χ3v) is 11.9. The summed E-state index contributed by atoms with van der Waals surface area (Å²) < 4.78 is 6.32. The number of nitrogens with one attached hydrogen (secondary N) is 1. The van der Waals surface area contributed by atoms with Crippen molar-refractivity contribution in [3.8, 4) is 28.7 Å². The zero-order valence-electron chi connectivity index (χ0n) is 29.1. The van der Waals surface area contributed by atoms with Gasteiger partial charge in [-0.2, -0.15) is 5.26 Å². The van der Waals surface area contributed by atoms with E-state index in [9.17, 15) is 20.3 Å². The Bertz CT molecular complexity index is 2520. The van der Waals surface area contributed by atoms with Crippen molar-refractivity contribution in [1.29, 1.82) is 5.26 Å². The first kappa shape index (κ1) is 34.7. The molecule has 0 bridgehead atoms. The number of nitriles is 1. The maximum Gasteiger partial charge on any atom is 0.307 e. The molecule has 1 aliphatic carbocycles. The van der Waals surface area contributed by atoms with E-state index in [2.05, 4.69) is 32.2 Å². The lowest BCUT2D eigenvalue weighted by molar-refractivity contribution is -0.141. The first-order valence-corrected chi connectivity index (χ1v) is 18.8. The summed E-state index contributed by atoms with van der Waals surface area (Å²) in [7, 11) is 0. The van der Waals surface area contributed by atoms with Crippen LogP contribution in [0.2, 0.25) is 10.0 Å². The van der Waals surface area contributed by atoms with Gasteiger partial charge in [-0.25, -0.2) is 9.97 Å². The monoisotopic (exact) mass is 759 g/mol. The number of anilines is 2. The summed E-state index contributed by atoms with van der Waals surface area (Å²) in [5, 5.41) is 34.9. The molecule has 3 N–H and O–H groups in total. The molecule has 2 fully saturated rings. The minimum atomic E-state index is -0.766. The summed E-state index contributed by atoms with van der Waals surface area (Å²) in [6.07, 6.45) is 6.24. The van der Waals surface area contributed by atoms with Gasteiger partial charge in [-0.15, -0.1) is 0 Å². The summed E-state index contributed by atoms with van der Waals surface area (Å²) in [5.74, 6) is -0.292. The number of hydrogen-bond acceptors (Lipinski definition) is 10. The highest BCUT2D eigenvalue weighted by Crippen LogP contribution is 2.45. The number of likely N-dealkylation sites (tertiary alicyclic amines) is 2. The predicted molar refractivity (Wildman–Crippen MR) is 207 cm³/mol. The molecule has 0 saturated carbocycles. The molecule has 11 nitrogen and oxygen atoms in total. The second-order valence-electron chi connectivity index (χ2n) is 14.4. The first-order valence-electron chi connectivity index (χ1n) is 18.1. The Labute approximate surface area is 320 Å². The summed E-state index contributed by atoms with van der Waals surface area (Å²) >= 11 is 14.2. The maximum atomic E-state index is 11.6. The number of halogens is 2. The summed E-state index contributed by atoms with van der Waals surface area (Å²) in [6.45, 7) is 3.45. The number of β-amino-alcohol motifs (C(OH)–C–C–N with tert-alkyl or cyclic N) is 1. The van der Waals surface area contributed by atoms with Gasteiger partial charge in [-0.05, 0) is 79.3 Å². The van der Waals surface area contributed by atoms with Gasteiger partial charge < -0.3 is 19.9 Å². The highest BCUT2D eigenvalue weighted by Gasteiger charge is 2.37. The van der Waals surface area contributed by atoms with Crippen molar-refractivity contribution in [2.45, 2.75) is 44.4 Å². The molecule has 5 heterocycles. The number of carboxylic acid groups (broad SMARTS) is 1. The molecule has 6 aromatic rings. The van der Waals surface area contributed by atoms with Crippen molar-refractivity contribution in [2.75, 3.05) is 31.5 Å². The molecule has 3 aromatic heterocycles. The van der Waals surface area contributed by atoms with Gasteiger partial charge in [0.15, 0.2) is 11.4 Å². The number of aliphatic hydroxyl groups is 1. The molecule has 0 amide bonds. The summed E-state index contributed by atoms with van der Waals surface area (Å²) in [6, 6.07) is 19.7. The highest BCUT2D eigenvalue weighted by atomic mass is 35.5. The Morgan fingerprint density at radius 2 is 1.81 bits per heavy atom. The third-order valence-electron chi connectivity index (χ3n) is 11.1. The third kappa shape index (κ3) is 6.14. The largest absolute Gasteiger partial charge is 0.481 e. The number of carbonyl (C=O) groups is 1. The summed E-state index contributed by atoms with van der Waals surface area (Å²) in [5.41, 5.74) is 7.72. The van der Waals surface area contributed by atoms with Gasteiger partial charge in [0.25, 0.3) is 0 Å². The molecule has 3 aliphatic rings. The van der Waals surface area contributed by atoms with E-state index >= 15 is 0 Å². The Morgan fingerprint density at radius 3 is 2.59 bits per heavy atom. The average Bonchev–Trinajstić information content (AvgIpc) is 3.99. The van der Waals surface area contributed by atoms with E-state index < -0.39 is 5.97 Å². The Kier molecular flexibility index (Phi) is 8.96. The number of aliphatic hydroxyl groups excluding tert-OH is 1. The van der Waals surface area contributed by atoms with Gasteiger partial charge in [0, 0.05) is 61.1 Å². The number of aromatic nitrogens is 3. The number of nitrogens with zero attached hydrogens (tertiary/aromatic N) is 6. The molecule has 54 heavy (non-hydrogen) atoms. The van der Waals surface area contributed by atoms with E-state index in [-0.39, 0.29) is 24.0 Å². The van der Waals surface area contributed by atoms with Crippen LogP contribution in [0.15, 0.2) is 71.4 Å². The minimum Gasteiger partial charge on any atom is -0.481 e. The number of benzene rings is 3. The maximum absolute atomic E-state index is 11.6. The molecule has 272 valence electrons. The van der Waals surface area contributed by atoms with Gasteiger partial charge in [-0.1, -0.05) is 47.5 Å². The molecule has 0 unspecified atom stereocenters. The van der Waals surface area contributed by atoms with Crippen molar-refractivity contribution in [1.82, 2.24) is 24.8 Å². The van der Waals surface area contributed by atoms with Crippen LogP contribution in [0.25, 0.3) is 44.6 Å². The lowest BCUT2D eigenvalue weighted by Gasteiger charge is -2.24. The molecule has 0 spiro atoms. The van der Waals surface area contributed by atoms with Crippen LogP contribution in [0.4, 0.5) is 11.5 Å². The fraction of sp³-hybridized carbons (Fsp3) is 0.293. The van der Waals surface area contributed by atoms with Crippen LogP contribution in [-0.4, -0.2) is 73.2 Å². The van der Waals surface area contributed by atoms with Crippen LogP contribution in [0, 0.1) is 17.2 Å². The molecule has 2 saturated heterocycles. The Morgan fingerprint density at radius 1 is 1.00 bits per heavy atom. The van der Waals surface area contributed by atoms with Crippen LogP contribution >= 0.6 is 23.2 Å². The van der Waals surface area contributed by atoms with Crippen molar-refractivity contribution >= 4 is 62.7 Å².